The first-order valence-corrected chi connectivity index (χ1v) is 9.12. The molecule has 0 aliphatic carbocycles. The summed E-state index contributed by atoms with van der Waals surface area (Å²) in [6.45, 7) is 8.44. The van der Waals surface area contributed by atoms with Gasteiger partial charge in [-0.25, -0.2) is 4.79 Å². The van der Waals surface area contributed by atoms with Gasteiger partial charge in [-0.2, -0.15) is 0 Å². The van der Waals surface area contributed by atoms with E-state index >= 15 is 0 Å². The van der Waals surface area contributed by atoms with Crippen LogP contribution in [0.15, 0.2) is 12.1 Å². The van der Waals surface area contributed by atoms with Crippen LogP contribution in [0.25, 0.3) is 0 Å². The summed E-state index contributed by atoms with van der Waals surface area (Å²) >= 11 is 6.38. The molecule has 3 rings (SSSR count). The lowest BCUT2D eigenvalue weighted by molar-refractivity contribution is 0.0223. The summed E-state index contributed by atoms with van der Waals surface area (Å²) in [5.74, 6) is 0. The lowest BCUT2D eigenvalue weighted by atomic mass is 9.90. The predicted octanol–water partition coefficient (Wildman–Crippen LogP) is 4.40. The van der Waals surface area contributed by atoms with Gasteiger partial charge in [0.25, 0.3) is 0 Å². The van der Waals surface area contributed by atoms with Crippen molar-refractivity contribution in [2.45, 2.75) is 58.2 Å². The summed E-state index contributed by atoms with van der Waals surface area (Å²) in [6.07, 6.45) is 2.76. The van der Waals surface area contributed by atoms with Crippen molar-refractivity contribution >= 4 is 17.7 Å². The zero-order chi connectivity index (χ0) is 17.5. The van der Waals surface area contributed by atoms with E-state index in [4.69, 9.17) is 16.3 Å². The number of ether oxygens (including phenoxy) is 1. The van der Waals surface area contributed by atoms with E-state index in [1.807, 2.05) is 31.7 Å². The zero-order valence-electron chi connectivity index (χ0n) is 15.1. The molecule has 1 aromatic rings. The van der Waals surface area contributed by atoms with Gasteiger partial charge in [0, 0.05) is 24.7 Å². The minimum Gasteiger partial charge on any atom is -0.444 e. The average molecular weight is 351 g/mol. The van der Waals surface area contributed by atoms with Crippen LogP contribution in [0.4, 0.5) is 4.79 Å². The van der Waals surface area contributed by atoms with Gasteiger partial charge in [-0.15, -0.1) is 0 Å². The second-order valence-corrected chi connectivity index (χ2v) is 8.39. The standard InChI is InChI=1S/C19H27ClN2O2/c1-19(2,3)24-18(23)22-8-5-6-17(22)15-11-14(20)10-13-7-9-21(4)12-16(13)15/h10-11,17H,5-9,12H2,1-4H3/t17-/m0/s1. The quantitative estimate of drug-likeness (QED) is 0.752. The number of carbonyl (C=O) groups is 1. The van der Waals surface area contributed by atoms with Crippen LogP contribution in [-0.2, 0) is 17.7 Å². The number of hydrogen-bond donors (Lipinski definition) is 0. The number of fused-ring (bicyclic) bond motifs is 1. The predicted molar refractivity (Wildman–Crippen MR) is 96.4 cm³/mol. The second-order valence-electron chi connectivity index (χ2n) is 7.95. The molecule has 24 heavy (non-hydrogen) atoms. The van der Waals surface area contributed by atoms with Crippen molar-refractivity contribution in [2.75, 3.05) is 20.1 Å². The molecule has 0 spiro atoms. The highest BCUT2D eigenvalue weighted by atomic mass is 35.5. The number of hydrogen-bond acceptors (Lipinski definition) is 3. The lowest BCUT2D eigenvalue weighted by Crippen LogP contribution is -2.37. The van der Waals surface area contributed by atoms with Gasteiger partial charge < -0.3 is 14.5 Å². The monoisotopic (exact) mass is 350 g/mol. The molecule has 2 aliphatic rings. The van der Waals surface area contributed by atoms with Crippen molar-refractivity contribution in [1.82, 2.24) is 9.80 Å². The van der Waals surface area contributed by atoms with Gasteiger partial charge in [-0.1, -0.05) is 11.6 Å². The largest absolute Gasteiger partial charge is 0.444 e. The Morgan fingerprint density at radius 3 is 2.75 bits per heavy atom. The third-order valence-electron chi connectivity index (χ3n) is 4.77. The molecule has 0 bridgehead atoms. The van der Waals surface area contributed by atoms with Crippen molar-refractivity contribution in [2.24, 2.45) is 0 Å². The number of rotatable bonds is 1. The zero-order valence-corrected chi connectivity index (χ0v) is 15.8. The molecule has 0 aromatic heterocycles. The highest BCUT2D eigenvalue weighted by Crippen LogP contribution is 2.38. The van der Waals surface area contributed by atoms with Crippen molar-refractivity contribution in [3.63, 3.8) is 0 Å². The molecule has 5 heteroatoms. The van der Waals surface area contributed by atoms with E-state index in [1.54, 1.807) is 0 Å². The summed E-state index contributed by atoms with van der Waals surface area (Å²) in [7, 11) is 2.14. The number of carbonyl (C=O) groups excluding carboxylic acids is 1. The van der Waals surface area contributed by atoms with Gasteiger partial charge in [-0.05, 0) is 75.9 Å². The van der Waals surface area contributed by atoms with Crippen molar-refractivity contribution < 1.29 is 9.53 Å². The topological polar surface area (TPSA) is 32.8 Å². The van der Waals surface area contributed by atoms with Crippen LogP contribution in [-0.4, -0.2) is 41.6 Å². The van der Waals surface area contributed by atoms with Gasteiger partial charge in [0.15, 0.2) is 0 Å². The molecule has 0 saturated carbocycles. The normalized spacial score (nSPS) is 21.7. The molecule has 0 N–H and O–H groups in total. The van der Waals surface area contributed by atoms with Gasteiger partial charge in [0.05, 0.1) is 6.04 Å². The Morgan fingerprint density at radius 2 is 2.04 bits per heavy atom. The van der Waals surface area contributed by atoms with E-state index in [-0.39, 0.29) is 12.1 Å². The Bertz CT molecular complexity index is 639. The van der Waals surface area contributed by atoms with Crippen LogP contribution in [0.3, 0.4) is 0 Å². The minimum atomic E-state index is -0.474. The van der Waals surface area contributed by atoms with Crippen LogP contribution in [0, 0.1) is 0 Å². The Balaban J connectivity index is 1.93. The molecule has 0 radical (unpaired) electrons. The second kappa shape index (κ2) is 6.57. The molecular weight excluding hydrogens is 324 g/mol. The molecule has 4 nitrogen and oxygen atoms in total. The highest BCUT2D eigenvalue weighted by molar-refractivity contribution is 6.30. The first-order chi connectivity index (χ1) is 11.2. The van der Waals surface area contributed by atoms with Crippen LogP contribution in [0.2, 0.25) is 5.02 Å². The molecule has 1 aromatic carbocycles. The third kappa shape index (κ3) is 3.70. The molecular formula is C19H27ClN2O2. The molecule has 1 saturated heterocycles. The van der Waals surface area contributed by atoms with E-state index in [0.29, 0.717) is 0 Å². The maximum absolute atomic E-state index is 12.6. The number of likely N-dealkylation sites (N-methyl/N-ethyl adjacent to an activating group) is 1. The number of benzene rings is 1. The SMILES string of the molecule is CN1CCc2cc(Cl)cc([C@@H]3CCCN3C(=O)OC(C)(C)C)c2C1. The lowest BCUT2D eigenvalue weighted by Gasteiger charge is -2.33. The minimum absolute atomic E-state index is 0.0683. The fourth-order valence-electron chi connectivity index (χ4n) is 3.72. The van der Waals surface area contributed by atoms with Crippen molar-refractivity contribution in [1.29, 1.82) is 0 Å². The van der Waals surface area contributed by atoms with E-state index in [0.717, 1.165) is 43.9 Å². The van der Waals surface area contributed by atoms with Gasteiger partial charge in [0.2, 0.25) is 0 Å². The van der Waals surface area contributed by atoms with Crippen LogP contribution in [0.5, 0.6) is 0 Å². The number of amides is 1. The third-order valence-corrected chi connectivity index (χ3v) is 4.99. The smallest absolute Gasteiger partial charge is 0.410 e. The molecule has 132 valence electrons. The summed E-state index contributed by atoms with van der Waals surface area (Å²) < 4.78 is 5.61. The average Bonchev–Trinajstić information content (AvgIpc) is 2.94. The van der Waals surface area contributed by atoms with E-state index in [1.165, 1.54) is 16.7 Å². The summed E-state index contributed by atoms with van der Waals surface area (Å²) in [6, 6.07) is 4.20. The molecule has 1 amide bonds. The van der Waals surface area contributed by atoms with Crippen LogP contribution >= 0.6 is 11.6 Å². The van der Waals surface area contributed by atoms with E-state index in [9.17, 15) is 4.79 Å². The number of likely N-dealkylation sites (tertiary alicyclic amines) is 1. The Morgan fingerprint density at radius 1 is 1.29 bits per heavy atom. The maximum atomic E-state index is 12.6. The van der Waals surface area contributed by atoms with E-state index < -0.39 is 5.60 Å². The summed E-state index contributed by atoms with van der Waals surface area (Å²) in [5.41, 5.74) is 3.39. The van der Waals surface area contributed by atoms with Crippen molar-refractivity contribution in [3.05, 3.63) is 33.8 Å². The highest BCUT2D eigenvalue weighted by Gasteiger charge is 2.35. The summed E-state index contributed by atoms with van der Waals surface area (Å²) in [5, 5.41) is 0.768. The molecule has 1 fully saturated rings. The first-order valence-electron chi connectivity index (χ1n) is 8.74. The van der Waals surface area contributed by atoms with Crippen molar-refractivity contribution in [3.8, 4) is 0 Å². The van der Waals surface area contributed by atoms with Crippen LogP contribution < -0.4 is 0 Å². The van der Waals surface area contributed by atoms with E-state index in [2.05, 4.69) is 18.0 Å². The number of nitrogens with zero attached hydrogens (tertiary/aromatic N) is 2. The fourth-order valence-corrected chi connectivity index (χ4v) is 3.97. The molecule has 2 heterocycles. The first kappa shape index (κ1) is 17.6. The number of halogens is 1. The van der Waals surface area contributed by atoms with Gasteiger partial charge >= 0.3 is 6.09 Å². The Labute approximate surface area is 149 Å². The Hall–Kier alpha value is -1.26. The van der Waals surface area contributed by atoms with Gasteiger partial charge in [-0.3, -0.25) is 0 Å². The maximum Gasteiger partial charge on any atom is 0.410 e. The molecule has 1 atom stereocenters. The van der Waals surface area contributed by atoms with Crippen LogP contribution in [0.1, 0.15) is 56.3 Å². The molecule has 2 aliphatic heterocycles. The molecule has 0 unspecified atom stereocenters. The summed E-state index contributed by atoms with van der Waals surface area (Å²) in [4.78, 5) is 16.8. The Kier molecular flexibility index (Phi) is 4.80. The van der Waals surface area contributed by atoms with Gasteiger partial charge in [0.1, 0.15) is 5.60 Å². The fraction of sp³-hybridized carbons (Fsp3) is 0.632.